The van der Waals surface area contributed by atoms with Crippen molar-refractivity contribution in [2.24, 2.45) is 5.92 Å². The van der Waals surface area contributed by atoms with Gasteiger partial charge in [-0.05, 0) is 13.8 Å². The van der Waals surface area contributed by atoms with Gasteiger partial charge in [-0.3, -0.25) is 19.2 Å². The second-order valence-corrected chi connectivity index (χ2v) is 4.93. The molecular weight excluding hydrogens is 266 g/mol. The molecule has 0 aromatic carbocycles. The number of nitrogens with zero attached hydrogens (tertiary/aromatic N) is 1. The summed E-state index contributed by atoms with van der Waals surface area (Å²) in [5.74, 6) is -2.64. The van der Waals surface area contributed by atoms with Gasteiger partial charge in [-0.2, -0.15) is 0 Å². The van der Waals surface area contributed by atoms with E-state index in [0.29, 0.717) is 6.54 Å². The topological polar surface area (TPSA) is 116 Å². The molecule has 0 bridgehead atoms. The summed E-state index contributed by atoms with van der Waals surface area (Å²) in [7, 11) is 0. The lowest BCUT2D eigenvalue weighted by Crippen LogP contribution is -2.41. The number of aliphatic carboxylic acids is 1. The first-order chi connectivity index (χ1) is 9.31. The molecule has 1 rings (SSSR count). The summed E-state index contributed by atoms with van der Waals surface area (Å²) < 4.78 is 0. The maximum absolute atomic E-state index is 11.8. The molecule has 1 heterocycles. The Labute approximate surface area is 116 Å². The Bertz CT molecular complexity index is 421. The molecule has 1 atom stereocenters. The number of hydrogen-bond donors (Lipinski definition) is 3. The van der Waals surface area contributed by atoms with Crippen molar-refractivity contribution in [1.29, 1.82) is 0 Å². The first kappa shape index (κ1) is 15.9. The number of carboxylic acids is 1. The SMILES string of the molecule is CC(C)N1CC(C(=O)NCC(=O)NCC(=O)O)CC1=O. The number of carbonyl (C=O) groups excluding carboxylic acids is 3. The Hall–Kier alpha value is -2.12. The molecule has 3 N–H and O–H groups in total. The average molecular weight is 285 g/mol. The molecule has 0 radical (unpaired) electrons. The molecule has 3 amide bonds. The number of hydrogen-bond acceptors (Lipinski definition) is 4. The van der Waals surface area contributed by atoms with Crippen molar-refractivity contribution in [1.82, 2.24) is 15.5 Å². The van der Waals surface area contributed by atoms with Gasteiger partial charge < -0.3 is 20.6 Å². The highest BCUT2D eigenvalue weighted by Crippen LogP contribution is 2.19. The third-order valence-electron chi connectivity index (χ3n) is 3.01. The van der Waals surface area contributed by atoms with Gasteiger partial charge in [-0.25, -0.2) is 0 Å². The molecular formula is C12H19N3O5. The van der Waals surface area contributed by atoms with Crippen molar-refractivity contribution < 1.29 is 24.3 Å². The van der Waals surface area contributed by atoms with Gasteiger partial charge in [0.2, 0.25) is 17.7 Å². The van der Waals surface area contributed by atoms with Gasteiger partial charge in [0.15, 0.2) is 0 Å². The zero-order valence-electron chi connectivity index (χ0n) is 11.5. The molecule has 1 saturated heterocycles. The van der Waals surface area contributed by atoms with Gasteiger partial charge in [0.1, 0.15) is 6.54 Å². The van der Waals surface area contributed by atoms with Crippen LogP contribution in [0.5, 0.6) is 0 Å². The normalized spacial score (nSPS) is 18.2. The zero-order chi connectivity index (χ0) is 15.3. The van der Waals surface area contributed by atoms with Crippen LogP contribution < -0.4 is 10.6 Å². The third-order valence-corrected chi connectivity index (χ3v) is 3.01. The minimum Gasteiger partial charge on any atom is -0.480 e. The number of likely N-dealkylation sites (tertiary alicyclic amines) is 1. The second kappa shape index (κ2) is 6.88. The molecule has 8 heteroatoms. The Balaban J connectivity index is 2.35. The van der Waals surface area contributed by atoms with Gasteiger partial charge in [-0.15, -0.1) is 0 Å². The van der Waals surface area contributed by atoms with E-state index in [4.69, 9.17) is 5.11 Å². The molecule has 0 aromatic heterocycles. The van der Waals surface area contributed by atoms with E-state index >= 15 is 0 Å². The first-order valence-electron chi connectivity index (χ1n) is 6.37. The van der Waals surface area contributed by atoms with Gasteiger partial charge in [0, 0.05) is 19.0 Å². The molecule has 0 aliphatic carbocycles. The lowest BCUT2D eigenvalue weighted by Gasteiger charge is -2.20. The smallest absolute Gasteiger partial charge is 0.322 e. The minimum atomic E-state index is -1.15. The van der Waals surface area contributed by atoms with E-state index in [1.165, 1.54) is 0 Å². The van der Waals surface area contributed by atoms with E-state index in [9.17, 15) is 19.2 Å². The molecule has 1 unspecified atom stereocenters. The number of nitrogens with one attached hydrogen (secondary N) is 2. The van der Waals surface area contributed by atoms with Crippen LogP contribution in [-0.4, -0.2) is 59.4 Å². The minimum absolute atomic E-state index is 0.0409. The lowest BCUT2D eigenvalue weighted by atomic mass is 10.1. The summed E-state index contributed by atoms with van der Waals surface area (Å²) in [5.41, 5.74) is 0. The Morgan fingerprint density at radius 2 is 1.95 bits per heavy atom. The van der Waals surface area contributed by atoms with Crippen molar-refractivity contribution >= 4 is 23.7 Å². The van der Waals surface area contributed by atoms with E-state index in [-0.39, 0.29) is 30.8 Å². The van der Waals surface area contributed by atoms with E-state index in [0.717, 1.165) is 0 Å². The highest BCUT2D eigenvalue weighted by Gasteiger charge is 2.35. The molecule has 0 saturated carbocycles. The molecule has 20 heavy (non-hydrogen) atoms. The highest BCUT2D eigenvalue weighted by atomic mass is 16.4. The summed E-state index contributed by atoms with van der Waals surface area (Å²) in [5, 5.41) is 12.9. The number of carbonyl (C=O) groups is 4. The fourth-order valence-corrected chi connectivity index (χ4v) is 1.95. The molecule has 1 aliphatic heterocycles. The van der Waals surface area contributed by atoms with E-state index < -0.39 is 24.3 Å². The van der Waals surface area contributed by atoms with Crippen LogP contribution in [-0.2, 0) is 19.2 Å². The van der Waals surface area contributed by atoms with E-state index in [1.807, 2.05) is 13.8 Å². The fraction of sp³-hybridized carbons (Fsp3) is 0.667. The third kappa shape index (κ3) is 4.52. The molecule has 1 aliphatic rings. The molecule has 1 fully saturated rings. The van der Waals surface area contributed by atoms with Crippen LogP contribution in [0.3, 0.4) is 0 Å². The van der Waals surface area contributed by atoms with Crippen molar-refractivity contribution in [3.8, 4) is 0 Å². The summed E-state index contributed by atoms with van der Waals surface area (Å²) in [4.78, 5) is 46.6. The van der Waals surface area contributed by atoms with Crippen LogP contribution in [0.2, 0.25) is 0 Å². The largest absolute Gasteiger partial charge is 0.480 e. The predicted molar refractivity (Wildman–Crippen MR) is 68.6 cm³/mol. The summed E-state index contributed by atoms with van der Waals surface area (Å²) in [6.07, 6.45) is 0.140. The monoisotopic (exact) mass is 285 g/mol. The first-order valence-corrected chi connectivity index (χ1v) is 6.37. The summed E-state index contributed by atoms with van der Waals surface area (Å²) in [6, 6.07) is 0.0409. The number of amides is 3. The lowest BCUT2D eigenvalue weighted by molar-refractivity contribution is -0.138. The summed E-state index contributed by atoms with van der Waals surface area (Å²) in [6.45, 7) is 3.31. The van der Waals surface area contributed by atoms with Crippen molar-refractivity contribution in [2.45, 2.75) is 26.3 Å². The highest BCUT2D eigenvalue weighted by molar-refractivity contribution is 5.91. The average Bonchev–Trinajstić information content (AvgIpc) is 2.75. The zero-order valence-corrected chi connectivity index (χ0v) is 11.5. The quantitative estimate of drug-likeness (QED) is 0.553. The van der Waals surface area contributed by atoms with Crippen molar-refractivity contribution in [3.63, 3.8) is 0 Å². The Morgan fingerprint density at radius 3 is 2.45 bits per heavy atom. The standard InChI is InChI=1S/C12H19N3O5/c1-7(2)15-6-8(3-10(15)17)12(20)14-4-9(16)13-5-11(18)19/h7-8H,3-6H2,1-2H3,(H,13,16)(H,14,20)(H,18,19). The van der Waals surface area contributed by atoms with Crippen molar-refractivity contribution in [2.75, 3.05) is 19.6 Å². The van der Waals surface area contributed by atoms with Crippen LogP contribution in [0.1, 0.15) is 20.3 Å². The van der Waals surface area contributed by atoms with Gasteiger partial charge >= 0.3 is 5.97 Å². The summed E-state index contributed by atoms with van der Waals surface area (Å²) >= 11 is 0. The Morgan fingerprint density at radius 1 is 1.30 bits per heavy atom. The number of rotatable bonds is 6. The van der Waals surface area contributed by atoms with Crippen molar-refractivity contribution in [3.05, 3.63) is 0 Å². The molecule has 0 aromatic rings. The maximum Gasteiger partial charge on any atom is 0.322 e. The fourth-order valence-electron chi connectivity index (χ4n) is 1.95. The second-order valence-electron chi connectivity index (χ2n) is 4.93. The molecule has 8 nitrogen and oxygen atoms in total. The predicted octanol–water partition coefficient (Wildman–Crippen LogP) is -1.44. The van der Waals surface area contributed by atoms with Gasteiger partial charge in [0.05, 0.1) is 12.5 Å². The van der Waals surface area contributed by atoms with Crippen LogP contribution in [0.15, 0.2) is 0 Å². The maximum atomic E-state index is 11.8. The van der Waals surface area contributed by atoms with Crippen LogP contribution >= 0.6 is 0 Å². The van der Waals surface area contributed by atoms with Crippen LogP contribution in [0, 0.1) is 5.92 Å². The van der Waals surface area contributed by atoms with Crippen LogP contribution in [0.25, 0.3) is 0 Å². The van der Waals surface area contributed by atoms with E-state index in [2.05, 4.69) is 10.6 Å². The Kier molecular flexibility index (Phi) is 5.48. The van der Waals surface area contributed by atoms with Gasteiger partial charge in [0.25, 0.3) is 0 Å². The van der Waals surface area contributed by atoms with Crippen LogP contribution in [0.4, 0.5) is 0 Å². The van der Waals surface area contributed by atoms with Gasteiger partial charge in [-0.1, -0.05) is 0 Å². The van der Waals surface area contributed by atoms with E-state index in [1.54, 1.807) is 4.90 Å². The molecule has 112 valence electrons. The number of carboxylic acid groups (broad SMARTS) is 1. The molecule has 0 spiro atoms.